The summed E-state index contributed by atoms with van der Waals surface area (Å²) in [4.78, 5) is 17.7. The van der Waals surface area contributed by atoms with E-state index in [0.29, 0.717) is 46.1 Å². The lowest BCUT2D eigenvalue weighted by Gasteiger charge is -2.36. The number of benzene rings is 2. The molecule has 0 aliphatic carbocycles. The molecule has 0 spiro atoms. The number of sulfonamides is 1. The molecule has 1 amide bonds. The van der Waals surface area contributed by atoms with Crippen molar-refractivity contribution in [1.82, 2.24) is 4.98 Å². The van der Waals surface area contributed by atoms with Crippen molar-refractivity contribution in [2.45, 2.75) is 12.0 Å². The molecule has 1 atom stereocenters. The van der Waals surface area contributed by atoms with Crippen LogP contribution in [0.3, 0.4) is 0 Å². The minimum absolute atomic E-state index is 0.293. The fourth-order valence-corrected chi connectivity index (χ4v) is 4.42. The predicted octanol–water partition coefficient (Wildman–Crippen LogP) is 3.52. The molecule has 1 aliphatic rings. The summed E-state index contributed by atoms with van der Waals surface area (Å²) in [5, 5.41) is 4.72. The third-order valence-electron chi connectivity index (χ3n) is 5.12. The number of ether oxygens (including phenoxy) is 2. The van der Waals surface area contributed by atoms with Crippen molar-refractivity contribution in [3.63, 3.8) is 0 Å². The molecule has 0 bridgehead atoms. The van der Waals surface area contributed by atoms with Gasteiger partial charge >= 0.3 is 0 Å². The molecule has 0 saturated carbocycles. The second-order valence-corrected chi connectivity index (χ2v) is 9.41. The Hall–Kier alpha value is -2.88. The van der Waals surface area contributed by atoms with Crippen molar-refractivity contribution in [1.29, 1.82) is 0 Å². The van der Waals surface area contributed by atoms with Crippen LogP contribution in [0.2, 0.25) is 5.02 Å². The van der Waals surface area contributed by atoms with Gasteiger partial charge in [0.2, 0.25) is 10.0 Å². The average Bonchev–Trinajstić information content (AvgIpc) is 2.72. The maximum atomic E-state index is 13.5. The Balaban J connectivity index is 1.75. The number of carbonyl (C=O) groups is 1. The zero-order chi connectivity index (χ0) is 22.2. The first-order chi connectivity index (χ1) is 14.7. The van der Waals surface area contributed by atoms with Crippen molar-refractivity contribution in [2.24, 2.45) is 0 Å². The number of hydrogen-bond donors (Lipinski definition) is 2. The zero-order valence-corrected chi connectivity index (χ0v) is 18.4. The number of nitrogens with one attached hydrogen (secondary N) is 2. The molecule has 3 aromatic rings. The van der Waals surface area contributed by atoms with Gasteiger partial charge in [-0.3, -0.25) is 14.5 Å². The van der Waals surface area contributed by atoms with Crippen molar-refractivity contribution in [3.8, 4) is 5.75 Å². The van der Waals surface area contributed by atoms with E-state index in [-0.39, 0.29) is 0 Å². The molecular formula is C21H20ClN3O5S. The first-order valence-electron chi connectivity index (χ1n) is 9.37. The summed E-state index contributed by atoms with van der Waals surface area (Å²) in [7, 11) is -1.99. The molecule has 1 aromatic heterocycles. The summed E-state index contributed by atoms with van der Waals surface area (Å²) in [5.41, 5.74) is 0.0369. The van der Waals surface area contributed by atoms with Gasteiger partial charge in [-0.05, 0) is 30.3 Å². The number of fused-ring (bicyclic) bond motifs is 2. The first-order valence-corrected chi connectivity index (χ1v) is 11.6. The largest absolute Gasteiger partial charge is 0.493 e. The lowest BCUT2D eigenvalue weighted by Crippen LogP contribution is -2.45. The highest BCUT2D eigenvalue weighted by atomic mass is 35.5. The Bertz CT molecular complexity index is 1280. The number of halogens is 1. The quantitative estimate of drug-likeness (QED) is 0.602. The first kappa shape index (κ1) is 21.4. The molecule has 8 nitrogen and oxygen atoms in total. The van der Waals surface area contributed by atoms with Crippen LogP contribution in [0.5, 0.6) is 5.75 Å². The van der Waals surface area contributed by atoms with Crippen molar-refractivity contribution >= 4 is 49.7 Å². The summed E-state index contributed by atoms with van der Waals surface area (Å²) in [6.07, 6.45) is 4.50. The molecule has 0 saturated heterocycles. The molecule has 4 rings (SSSR count). The van der Waals surface area contributed by atoms with E-state index in [1.54, 1.807) is 42.6 Å². The van der Waals surface area contributed by atoms with E-state index in [9.17, 15) is 13.2 Å². The molecular weight excluding hydrogens is 442 g/mol. The molecule has 2 aromatic carbocycles. The van der Waals surface area contributed by atoms with Crippen molar-refractivity contribution in [2.75, 3.05) is 30.0 Å². The normalized spacial score (nSPS) is 18.2. The lowest BCUT2D eigenvalue weighted by atomic mass is 9.86. The van der Waals surface area contributed by atoms with Gasteiger partial charge in [0.05, 0.1) is 24.7 Å². The van der Waals surface area contributed by atoms with E-state index in [1.807, 2.05) is 0 Å². The van der Waals surface area contributed by atoms with Gasteiger partial charge in [-0.15, -0.1) is 0 Å². The van der Waals surface area contributed by atoms with Gasteiger partial charge in [-0.25, -0.2) is 8.42 Å². The molecule has 0 radical (unpaired) electrons. The van der Waals surface area contributed by atoms with E-state index in [1.165, 1.54) is 13.3 Å². The standard InChI is InChI=1S/C21H20ClN3O5S/c1-29-21(7-8-30-19-6-4-14(22)9-17(19)21)20(26)24-18-12-23-11-13-3-5-15(10-16(13)18)25-31(2,27)28/h3-6,9-12,25H,7-8H2,1-2H3,(H,24,26). The third-order valence-corrected chi connectivity index (χ3v) is 5.96. The van der Waals surface area contributed by atoms with Crippen LogP contribution in [0, 0.1) is 0 Å². The fraction of sp³-hybridized carbons (Fsp3) is 0.238. The molecule has 10 heteroatoms. The zero-order valence-electron chi connectivity index (χ0n) is 16.8. The molecule has 0 fully saturated rings. The monoisotopic (exact) mass is 461 g/mol. The Morgan fingerprint density at radius 3 is 2.77 bits per heavy atom. The molecule has 162 valence electrons. The van der Waals surface area contributed by atoms with Crippen LogP contribution in [0.25, 0.3) is 10.8 Å². The van der Waals surface area contributed by atoms with Gasteiger partial charge < -0.3 is 14.8 Å². The highest BCUT2D eigenvalue weighted by Crippen LogP contribution is 2.42. The number of anilines is 2. The molecule has 1 aliphatic heterocycles. The fourth-order valence-electron chi connectivity index (χ4n) is 3.69. The SMILES string of the molecule is COC1(C(=O)Nc2cncc3ccc(NS(C)(=O)=O)cc23)CCOc2ccc(Cl)cc21. The number of nitrogens with zero attached hydrogens (tertiary/aromatic N) is 1. The number of amides is 1. The molecule has 31 heavy (non-hydrogen) atoms. The summed E-state index contributed by atoms with van der Waals surface area (Å²) in [6, 6.07) is 10.1. The third kappa shape index (κ3) is 4.16. The molecule has 1 unspecified atom stereocenters. The Morgan fingerprint density at radius 2 is 2.03 bits per heavy atom. The second-order valence-electron chi connectivity index (χ2n) is 7.22. The molecule has 2 N–H and O–H groups in total. The van der Waals surface area contributed by atoms with Crippen LogP contribution in [-0.2, 0) is 25.2 Å². The van der Waals surface area contributed by atoms with Gasteiger partial charge in [0, 0.05) is 46.8 Å². The highest BCUT2D eigenvalue weighted by Gasteiger charge is 2.45. The summed E-state index contributed by atoms with van der Waals surface area (Å²) in [6.45, 7) is 0.298. The Kier molecular flexibility index (Phi) is 5.50. The number of pyridine rings is 1. The van der Waals surface area contributed by atoms with Crippen molar-refractivity contribution < 1.29 is 22.7 Å². The van der Waals surface area contributed by atoms with Crippen LogP contribution >= 0.6 is 11.6 Å². The minimum Gasteiger partial charge on any atom is -0.493 e. The number of rotatable bonds is 5. The van der Waals surface area contributed by atoms with E-state index in [0.717, 1.165) is 11.6 Å². The number of hydrogen-bond acceptors (Lipinski definition) is 6. The average molecular weight is 462 g/mol. The van der Waals surface area contributed by atoms with Gasteiger partial charge in [-0.2, -0.15) is 0 Å². The minimum atomic E-state index is -3.45. The smallest absolute Gasteiger partial charge is 0.261 e. The van der Waals surface area contributed by atoms with Crippen molar-refractivity contribution in [3.05, 3.63) is 59.4 Å². The van der Waals surface area contributed by atoms with Crippen LogP contribution in [0.15, 0.2) is 48.8 Å². The van der Waals surface area contributed by atoms with Gasteiger partial charge in [0.1, 0.15) is 5.75 Å². The number of aromatic nitrogens is 1. The van der Waals surface area contributed by atoms with E-state index in [2.05, 4.69) is 15.0 Å². The van der Waals surface area contributed by atoms with Gasteiger partial charge in [0.25, 0.3) is 5.91 Å². The summed E-state index contributed by atoms with van der Waals surface area (Å²) >= 11 is 6.17. The maximum Gasteiger partial charge on any atom is 0.261 e. The number of carbonyl (C=O) groups excluding carboxylic acids is 1. The molecule has 2 heterocycles. The van der Waals surface area contributed by atoms with Crippen LogP contribution in [-0.4, -0.2) is 39.3 Å². The topological polar surface area (TPSA) is 107 Å². The van der Waals surface area contributed by atoms with Crippen LogP contribution < -0.4 is 14.8 Å². The summed E-state index contributed by atoms with van der Waals surface area (Å²) in [5.74, 6) is 0.126. The second kappa shape index (κ2) is 7.99. The predicted molar refractivity (Wildman–Crippen MR) is 119 cm³/mol. The van der Waals surface area contributed by atoms with Crippen LogP contribution in [0.1, 0.15) is 12.0 Å². The van der Waals surface area contributed by atoms with E-state index >= 15 is 0 Å². The lowest BCUT2D eigenvalue weighted by molar-refractivity contribution is -0.142. The Labute approximate surface area is 184 Å². The van der Waals surface area contributed by atoms with Crippen LogP contribution in [0.4, 0.5) is 11.4 Å². The summed E-state index contributed by atoms with van der Waals surface area (Å²) < 4.78 is 37.0. The van der Waals surface area contributed by atoms with Gasteiger partial charge in [-0.1, -0.05) is 17.7 Å². The number of methoxy groups -OCH3 is 1. The highest BCUT2D eigenvalue weighted by molar-refractivity contribution is 7.92. The Morgan fingerprint density at radius 1 is 1.23 bits per heavy atom. The van der Waals surface area contributed by atoms with Gasteiger partial charge in [0.15, 0.2) is 5.60 Å². The van der Waals surface area contributed by atoms with E-state index in [4.69, 9.17) is 21.1 Å². The maximum absolute atomic E-state index is 13.5. The van der Waals surface area contributed by atoms with E-state index < -0.39 is 21.5 Å².